The van der Waals surface area contributed by atoms with Crippen molar-refractivity contribution in [3.8, 4) is 11.5 Å². The van der Waals surface area contributed by atoms with Crippen LogP contribution in [0.15, 0.2) is 53.3 Å². The normalized spacial score (nSPS) is 19.1. The van der Waals surface area contributed by atoms with Crippen molar-refractivity contribution in [1.29, 1.82) is 0 Å². The fourth-order valence-corrected chi connectivity index (χ4v) is 5.20. The van der Waals surface area contributed by atoms with Crippen LogP contribution in [-0.4, -0.2) is 56.4 Å². The Kier molecular flexibility index (Phi) is 5.69. The van der Waals surface area contributed by atoms with E-state index in [0.717, 1.165) is 36.0 Å². The van der Waals surface area contributed by atoms with Crippen LogP contribution >= 0.6 is 0 Å². The molecule has 0 aliphatic carbocycles. The summed E-state index contributed by atoms with van der Waals surface area (Å²) in [6.07, 6.45) is 2.25. The molecule has 0 saturated carbocycles. The van der Waals surface area contributed by atoms with Crippen LogP contribution in [0.2, 0.25) is 0 Å². The second-order valence-electron chi connectivity index (χ2n) is 9.46. The Bertz CT molecular complexity index is 1400. The third-order valence-electron chi connectivity index (χ3n) is 6.86. The third kappa shape index (κ3) is 4.27. The van der Waals surface area contributed by atoms with Crippen molar-refractivity contribution in [2.24, 2.45) is 5.92 Å². The van der Waals surface area contributed by atoms with E-state index in [-0.39, 0.29) is 11.6 Å². The van der Waals surface area contributed by atoms with Gasteiger partial charge in [0.25, 0.3) is 5.56 Å². The van der Waals surface area contributed by atoms with Crippen LogP contribution in [0.1, 0.15) is 42.8 Å². The number of hydrogen-bond donors (Lipinski definition) is 1. The van der Waals surface area contributed by atoms with Gasteiger partial charge in [0, 0.05) is 23.6 Å². The van der Waals surface area contributed by atoms with Gasteiger partial charge in [0.1, 0.15) is 19.3 Å². The molecule has 2 aromatic heterocycles. The summed E-state index contributed by atoms with van der Waals surface area (Å²) >= 11 is 0. The Hall–Kier alpha value is -3.72. The number of nitrogens with zero attached hydrogens (tertiary/aromatic N) is 5. The molecule has 4 heterocycles. The van der Waals surface area contributed by atoms with Crippen molar-refractivity contribution in [1.82, 2.24) is 30.1 Å². The number of aromatic nitrogens is 5. The molecule has 1 fully saturated rings. The first-order valence-corrected chi connectivity index (χ1v) is 12.2. The van der Waals surface area contributed by atoms with Gasteiger partial charge in [0.05, 0.1) is 12.1 Å². The number of rotatable bonds is 5. The van der Waals surface area contributed by atoms with Crippen LogP contribution in [-0.2, 0) is 6.54 Å². The Labute approximate surface area is 202 Å². The fourth-order valence-electron chi connectivity index (χ4n) is 5.20. The van der Waals surface area contributed by atoms with E-state index in [1.165, 1.54) is 6.42 Å². The predicted octanol–water partition coefficient (Wildman–Crippen LogP) is 3.16. The highest BCUT2D eigenvalue weighted by molar-refractivity contribution is 5.83. The van der Waals surface area contributed by atoms with Gasteiger partial charge in [-0.3, -0.25) is 9.69 Å². The minimum atomic E-state index is -0.363. The molecule has 4 aromatic rings. The number of fused-ring (bicyclic) bond motifs is 2. The maximum absolute atomic E-state index is 13.5. The second-order valence-corrected chi connectivity index (χ2v) is 9.46. The van der Waals surface area contributed by atoms with Gasteiger partial charge in [0.2, 0.25) is 0 Å². The summed E-state index contributed by atoms with van der Waals surface area (Å²) in [6, 6.07) is 15.5. The van der Waals surface area contributed by atoms with Crippen LogP contribution in [0.5, 0.6) is 11.5 Å². The molecule has 0 unspecified atom stereocenters. The first-order valence-electron chi connectivity index (χ1n) is 12.2. The number of aromatic amines is 1. The molecule has 2 atom stereocenters. The number of pyridine rings is 1. The summed E-state index contributed by atoms with van der Waals surface area (Å²) < 4.78 is 13.3. The quantitative estimate of drug-likeness (QED) is 0.476. The van der Waals surface area contributed by atoms with Crippen molar-refractivity contribution in [2.45, 2.75) is 32.4 Å². The molecule has 9 nitrogen and oxygen atoms in total. The van der Waals surface area contributed by atoms with E-state index in [1.807, 2.05) is 41.1 Å². The summed E-state index contributed by atoms with van der Waals surface area (Å²) in [5.74, 6) is 2.55. The number of tetrazole rings is 1. The second kappa shape index (κ2) is 9.14. The van der Waals surface area contributed by atoms with Gasteiger partial charge in [-0.25, -0.2) is 4.68 Å². The lowest BCUT2D eigenvalue weighted by atomic mass is 9.95. The molecule has 0 amide bonds. The molecule has 180 valence electrons. The van der Waals surface area contributed by atoms with Gasteiger partial charge in [-0.1, -0.05) is 37.3 Å². The summed E-state index contributed by atoms with van der Waals surface area (Å²) in [7, 11) is 0. The largest absolute Gasteiger partial charge is 0.486 e. The maximum Gasteiger partial charge on any atom is 0.253 e. The Morgan fingerprint density at radius 2 is 1.91 bits per heavy atom. The van der Waals surface area contributed by atoms with E-state index >= 15 is 0 Å². The predicted molar refractivity (Wildman–Crippen MR) is 131 cm³/mol. The lowest BCUT2D eigenvalue weighted by Gasteiger charge is -2.36. The zero-order valence-corrected chi connectivity index (χ0v) is 19.7. The van der Waals surface area contributed by atoms with Crippen LogP contribution in [0.3, 0.4) is 0 Å². The summed E-state index contributed by atoms with van der Waals surface area (Å²) in [6.45, 7) is 5.56. The van der Waals surface area contributed by atoms with Gasteiger partial charge in [-0.05, 0) is 53.4 Å². The SMILES string of the molecule is C[C@H]1CCCN([C@@H](c2cc3cc4c(cc3[nH]c2=O)OCCO4)c2nnnn2Cc2ccccc2)C1. The van der Waals surface area contributed by atoms with E-state index < -0.39 is 0 Å². The molecule has 6 rings (SSSR count). The van der Waals surface area contributed by atoms with Crippen LogP contribution in [0.4, 0.5) is 0 Å². The van der Waals surface area contributed by atoms with Gasteiger partial charge < -0.3 is 14.5 Å². The lowest BCUT2D eigenvalue weighted by Crippen LogP contribution is -2.41. The van der Waals surface area contributed by atoms with Crippen LogP contribution in [0, 0.1) is 5.92 Å². The molecular weight excluding hydrogens is 444 g/mol. The van der Waals surface area contributed by atoms with E-state index in [4.69, 9.17) is 9.47 Å². The van der Waals surface area contributed by atoms with E-state index in [1.54, 1.807) is 0 Å². The first kappa shape index (κ1) is 21.8. The minimum Gasteiger partial charge on any atom is -0.486 e. The average Bonchev–Trinajstić information content (AvgIpc) is 3.31. The molecule has 0 bridgehead atoms. The molecule has 2 aromatic carbocycles. The number of piperidine rings is 1. The highest BCUT2D eigenvalue weighted by atomic mass is 16.6. The standard InChI is InChI=1S/C26H28N6O3/c1-17-6-5-9-31(15-17)24(25-28-29-30-32(25)16-18-7-3-2-4-8-18)20-12-19-13-22-23(35-11-10-34-22)14-21(19)27-26(20)33/h2-4,7-8,12-14,17,24H,5-6,9-11,15-16H2,1H3,(H,27,33)/t17-,24-/m0/s1. The maximum atomic E-state index is 13.5. The van der Waals surface area contributed by atoms with Crippen molar-refractivity contribution < 1.29 is 9.47 Å². The fraction of sp³-hybridized carbons (Fsp3) is 0.385. The van der Waals surface area contributed by atoms with Crippen molar-refractivity contribution in [2.75, 3.05) is 26.3 Å². The summed E-state index contributed by atoms with van der Waals surface area (Å²) in [4.78, 5) is 18.9. The molecule has 9 heteroatoms. The van der Waals surface area contributed by atoms with Crippen molar-refractivity contribution in [3.63, 3.8) is 0 Å². The molecule has 1 N–H and O–H groups in total. The zero-order chi connectivity index (χ0) is 23.8. The van der Waals surface area contributed by atoms with Gasteiger partial charge in [0.15, 0.2) is 17.3 Å². The molecule has 0 spiro atoms. The lowest BCUT2D eigenvalue weighted by molar-refractivity contribution is 0.141. The summed E-state index contributed by atoms with van der Waals surface area (Å²) in [5, 5.41) is 13.7. The number of benzene rings is 2. The Balaban J connectivity index is 1.47. The highest BCUT2D eigenvalue weighted by Gasteiger charge is 2.33. The summed E-state index contributed by atoms with van der Waals surface area (Å²) in [5.41, 5.74) is 2.31. The number of likely N-dealkylation sites (tertiary alicyclic amines) is 1. The molecule has 35 heavy (non-hydrogen) atoms. The number of hydrogen-bond acceptors (Lipinski definition) is 7. The Morgan fingerprint density at radius 1 is 1.11 bits per heavy atom. The number of nitrogens with one attached hydrogen (secondary N) is 1. The zero-order valence-electron chi connectivity index (χ0n) is 19.7. The van der Waals surface area contributed by atoms with Crippen molar-refractivity contribution >= 4 is 10.9 Å². The Morgan fingerprint density at radius 3 is 2.71 bits per heavy atom. The average molecular weight is 473 g/mol. The molecule has 1 saturated heterocycles. The van der Waals surface area contributed by atoms with Crippen molar-refractivity contribution in [3.05, 3.63) is 75.8 Å². The third-order valence-corrected chi connectivity index (χ3v) is 6.86. The van der Waals surface area contributed by atoms with Crippen LogP contribution in [0.25, 0.3) is 10.9 Å². The monoisotopic (exact) mass is 472 g/mol. The topological polar surface area (TPSA) is 98.2 Å². The van der Waals surface area contributed by atoms with E-state index in [0.29, 0.717) is 48.6 Å². The van der Waals surface area contributed by atoms with Gasteiger partial charge in [-0.15, -0.1) is 5.10 Å². The van der Waals surface area contributed by atoms with Gasteiger partial charge in [-0.2, -0.15) is 0 Å². The van der Waals surface area contributed by atoms with E-state index in [9.17, 15) is 4.79 Å². The highest BCUT2D eigenvalue weighted by Crippen LogP contribution is 2.36. The van der Waals surface area contributed by atoms with E-state index in [2.05, 4.69) is 44.5 Å². The van der Waals surface area contributed by atoms with Crippen LogP contribution < -0.4 is 15.0 Å². The molecule has 0 radical (unpaired) electrons. The molecule has 2 aliphatic rings. The minimum absolute atomic E-state index is 0.147. The number of ether oxygens (including phenoxy) is 2. The molecule has 2 aliphatic heterocycles. The molecular formula is C26H28N6O3. The van der Waals surface area contributed by atoms with Gasteiger partial charge >= 0.3 is 0 Å². The first-order chi connectivity index (χ1) is 17.2. The number of H-pyrrole nitrogens is 1. The smallest absolute Gasteiger partial charge is 0.253 e.